The van der Waals surface area contributed by atoms with Crippen molar-refractivity contribution in [3.05, 3.63) is 0 Å². The molecular weight excluding hydrogens is 252 g/mol. The van der Waals surface area contributed by atoms with E-state index in [4.69, 9.17) is 10.5 Å². The van der Waals surface area contributed by atoms with E-state index in [1.807, 2.05) is 11.8 Å². The Morgan fingerprint density at radius 2 is 2.11 bits per heavy atom. The van der Waals surface area contributed by atoms with Gasteiger partial charge in [0.1, 0.15) is 0 Å². The van der Waals surface area contributed by atoms with Crippen molar-refractivity contribution in [2.24, 2.45) is 17.6 Å². The second kappa shape index (κ2) is 6.73. The molecule has 1 heterocycles. The maximum atomic E-state index is 12.5. The molecule has 4 atom stereocenters. The van der Waals surface area contributed by atoms with Crippen molar-refractivity contribution < 1.29 is 9.53 Å². The van der Waals surface area contributed by atoms with Crippen LogP contribution >= 0.6 is 12.4 Å². The fourth-order valence-corrected chi connectivity index (χ4v) is 3.10. The van der Waals surface area contributed by atoms with Crippen molar-refractivity contribution in [2.75, 3.05) is 19.7 Å². The van der Waals surface area contributed by atoms with Gasteiger partial charge in [0, 0.05) is 12.5 Å². The minimum atomic E-state index is 0. The summed E-state index contributed by atoms with van der Waals surface area (Å²) in [6.45, 7) is 6.16. The average Bonchev–Trinajstić information content (AvgIpc) is 2.80. The Morgan fingerprint density at radius 3 is 2.78 bits per heavy atom. The maximum Gasteiger partial charge on any atom is 0.226 e. The van der Waals surface area contributed by atoms with Crippen LogP contribution in [-0.2, 0) is 9.53 Å². The normalized spacial score (nSPS) is 36.3. The summed E-state index contributed by atoms with van der Waals surface area (Å²) in [5.74, 6) is 0.862. The zero-order valence-corrected chi connectivity index (χ0v) is 12.1. The number of rotatable bonds is 2. The molecule has 1 amide bonds. The molecule has 2 N–H and O–H groups in total. The molecule has 18 heavy (non-hydrogen) atoms. The fraction of sp³-hybridized carbons (Fsp3) is 0.923. The summed E-state index contributed by atoms with van der Waals surface area (Å²) in [5.41, 5.74) is 5.76. The molecule has 1 saturated heterocycles. The van der Waals surface area contributed by atoms with Gasteiger partial charge in [-0.3, -0.25) is 4.79 Å². The van der Waals surface area contributed by atoms with Gasteiger partial charge in [-0.2, -0.15) is 0 Å². The second-order valence-electron chi connectivity index (χ2n) is 5.38. The van der Waals surface area contributed by atoms with Crippen molar-refractivity contribution >= 4 is 18.3 Å². The number of hydrogen-bond donors (Lipinski definition) is 1. The molecule has 106 valence electrons. The van der Waals surface area contributed by atoms with Gasteiger partial charge in [-0.05, 0) is 39.2 Å². The van der Waals surface area contributed by atoms with E-state index in [1.165, 1.54) is 0 Å². The molecule has 0 radical (unpaired) electrons. The lowest BCUT2D eigenvalue weighted by molar-refractivity contribution is -0.149. The summed E-state index contributed by atoms with van der Waals surface area (Å²) in [7, 11) is 0. The number of ether oxygens (including phenoxy) is 1. The third kappa shape index (κ3) is 2.98. The van der Waals surface area contributed by atoms with Crippen LogP contribution in [-0.4, -0.2) is 42.6 Å². The predicted molar refractivity (Wildman–Crippen MR) is 73.7 cm³/mol. The van der Waals surface area contributed by atoms with E-state index in [9.17, 15) is 4.79 Å². The van der Waals surface area contributed by atoms with Gasteiger partial charge in [-0.25, -0.2) is 0 Å². The van der Waals surface area contributed by atoms with Crippen LogP contribution in [0.3, 0.4) is 0 Å². The number of halogens is 1. The monoisotopic (exact) mass is 276 g/mol. The van der Waals surface area contributed by atoms with Crippen molar-refractivity contribution in [1.82, 2.24) is 4.90 Å². The maximum absolute atomic E-state index is 12.5. The molecule has 1 aliphatic carbocycles. The summed E-state index contributed by atoms with van der Waals surface area (Å²) in [5, 5.41) is 0. The fourth-order valence-electron chi connectivity index (χ4n) is 3.10. The topological polar surface area (TPSA) is 55.6 Å². The third-order valence-electron chi connectivity index (χ3n) is 4.45. The highest BCUT2D eigenvalue weighted by Gasteiger charge is 2.38. The van der Waals surface area contributed by atoms with Crippen molar-refractivity contribution in [1.29, 1.82) is 0 Å². The van der Waals surface area contributed by atoms with Gasteiger partial charge in [0.05, 0.1) is 18.8 Å². The number of amides is 1. The first-order valence-electron chi connectivity index (χ1n) is 6.77. The van der Waals surface area contributed by atoms with Gasteiger partial charge >= 0.3 is 0 Å². The Labute approximate surface area is 116 Å². The van der Waals surface area contributed by atoms with Crippen molar-refractivity contribution in [2.45, 2.75) is 45.3 Å². The lowest BCUT2D eigenvalue weighted by Crippen LogP contribution is -2.53. The summed E-state index contributed by atoms with van der Waals surface area (Å²) < 4.78 is 5.57. The first-order valence-corrected chi connectivity index (χ1v) is 6.77. The predicted octanol–water partition coefficient (Wildman–Crippen LogP) is 1.42. The molecule has 2 aliphatic rings. The molecule has 2 unspecified atom stereocenters. The van der Waals surface area contributed by atoms with Gasteiger partial charge in [0.15, 0.2) is 0 Å². The minimum Gasteiger partial charge on any atom is -0.375 e. The number of nitrogens with zero attached hydrogens (tertiary/aromatic N) is 1. The minimum absolute atomic E-state index is 0. The highest BCUT2D eigenvalue weighted by atomic mass is 35.5. The molecule has 4 nitrogen and oxygen atoms in total. The highest BCUT2D eigenvalue weighted by molar-refractivity contribution is 5.85. The lowest BCUT2D eigenvalue weighted by Gasteiger charge is -2.39. The van der Waals surface area contributed by atoms with Gasteiger partial charge in [0.2, 0.25) is 5.91 Å². The highest BCUT2D eigenvalue weighted by Crippen LogP contribution is 2.33. The molecule has 2 fully saturated rings. The Kier molecular flexibility index (Phi) is 5.89. The molecule has 0 bridgehead atoms. The molecule has 0 aromatic carbocycles. The number of morpholine rings is 1. The number of carbonyl (C=O) groups excluding carboxylic acids is 1. The summed E-state index contributed by atoms with van der Waals surface area (Å²) in [4.78, 5) is 14.5. The van der Waals surface area contributed by atoms with E-state index < -0.39 is 0 Å². The average molecular weight is 277 g/mol. The van der Waals surface area contributed by atoms with Gasteiger partial charge < -0.3 is 15.4 Å². The van der Waals surface area contributed by atoms with Gasteiger partial charge in [-0.1, -0.05) is 6.42 Å². The van der Waals surface area contributed by atoms with E-state index in [0.29, 0.717) is 25.0 Å². The van der Waals surface area contributed by atoms with Crippen LogP contribution in [0, 0.1) is 11.8 Å². The van der Waals surface area contributed by atoms with Crippen molar-refractivity contribution in [3.8, 4) is 0 Å². The molecular formula is C13H25ClN2O2. The smallest absolute Gasteiger partial charge is 0.226 e. The molecule has 1 saturated carbocycles. The molecule has 0 aromatic rings. The zero-order chi connectivity index (χ0) is 12.4. The quantitative estimate of drug-likeness (QED) is 0.830. The summed E-state index contributed by atoms with van der Waals surface area (Å²) in [6, 6.07) is 0.190. The Balaban J connectivity index is 0.00000162. The van der Waals surface area contributed by atoms with Crippen LogP contribution in [0.15, 0.2) is 0 Å². The van der Waals surface area contributed by atoms with E-state index >= 15 is 0 Å². The van der Waals surface area contributed by atoms with E-state index in [0.717, 1.165) is 25.8 Å². The van der Waals surface area contributed by atoms with Crippen molar-refractivity contribution in [3.63, 3.8) is 0 Å². The van der Waals surface area contributed by atoms with Gasteiger partial charge in [0.25, 0.3) is 0 Å². The third-order valence-corrected chi connectivity index (χ3v) is 4.45. The second-order valence-corrected chi connectivity index (χ2v) is 5.38. The summed E-state index contributed by atoms with van der Waals surface area (Å²) in [6.07, 6.45) is 3.41. The van der Waals surface area contributed by atoms with E-state index in [2.05, 4.69) is 6.92 Å². The molecule has 1 aliphatic heterocycles. The lowest BCUT2D eigenvalue weighted by atomic mass is 9.93. The number of carbonyl (C=O) groups is 1. The molecule has 0 aromatic heterocycles. The summed E-state index contributed by atoms with van der Waals surface area (Å²) >= 11 is 0. The Bertz CT molecular complexity index is 288. The standard InChI is InChI=1S/C13H24N2O2.ClH/c1-9-10(2)17-7-6-15(9)13(16)12-5-3-4-11(12)8-14;/h9-12H,3-8,14H2,1-2H3;1H/t9?,10?,11-,12-;/m1./s1. The SMILES string of the molecule is CC1OCCN(C(=O)[C@@H]2CCC[C@@H]2CN)C1C.Cl. The molecule has 2 rings (SSSR count). The molecule has 0 spiro atoms. The number of hydrogen-bond acceptors (Lipinski definition) is 3. The van der Waals surface area contributed by atoms with Crippen LogP contribution in [0.2, 0.25) is 0 Å². The first kappa shape index (κ1) is 15.7. The number of nitrogens with two attached hydrogens (primary N) is 1. The largest absolute Gasteiger partial charge is 0.375 e. The van der Waals surface area contributed by atoms with E-state index in [-0.39, 0.29) is 30.5 Å². The zero-order valence-electron chi connectivity index (χ0n) is 11.3. The van der Waals surface area contributed by atoms with Crippen LogP contribution in [0.1, 0.15) is 33.1 Å². The Hall–Kier alpha value is -0.320. The molecule has 5 heteroatoms. The van der Waals surface area contributed by atoms with Crippen LogP contribution in [0.4, 0.5) is 0 Å². The van der Waals surface area contributed by atoms with Crippen LogP contribution < -0.4 is 5.73 Å². The first-order chi connectivity index (χ1) is 8.15. The van der Waals surface area contributed by atoms with Gasteiger partial charge in [-0.15, -0.1) is 12.4 Å². The van der Waals surface area contributed by atoms with Crippen LogP contribution in [0.25, 0.3) is 0 Å². The van der Waals surface area contributed by atoms with Crippen LogP contribution in [0.5, 0.6) is 0 Å². The Morgan fingerprint density at radius 1 is 1.39 bits per heavy atom. The van der Waals surface area contributed by atoms with E-state index in [1.54, 1.807) is 0 Å².